The summed E-state index contributed by atoms with van der Waals surface area (Å²) in [4.78, 5) is 18.4. The summed E-state index contributed by atoms with van der Waals surface area (Å²) >= 11 is 0. The van der Waals surface area contributed by atoms with Gasteiger partial charge >= 0.3 is 6.09 Å². The Morgan fingerprint density at radius 1 is 1.30 bits per heavy atom. The van der Waals surface area contributed by atoms with Gasteiger partial charge in [-0.1, -0.05) is 0 Å². The summed E-state index contributed by atoms with van der Waals surface area (Å²) in [6.45, 7) is 9.74. The standard InChI is InChI=1S/C20H31FN2O4/c1-13(2)26-17-14(11-22-12-15(17)21)18(25-6)16-9-7-8-10-23(16)19(24)27-20(3,4)5/h11-13,16,18H,7-10H2,1-6H3. The van der Waals surface area contributed by atoms with Gasteiger partial charge in [0.05, 0.1) is 18.3 Å². The van der Waals surface area contributed by atoms with Crippen LogP contribution in [0.2, 0.25) is 0 Å². The lowest BCUT2D eigenvalue weighted by Crippen LogP contribution is -2.49. The monoisotopic (exact) mass is 382 g/mol. The van der Waals surface area contributed by atoms with Crippen molar-refractivity contribution in [3.63, 3.8) is 0 Å². The van der Waals surface area contributed by atoms with Crippen molar-refractivity contribution in [3.8, 4) is 5.75 Å². The highest BCUT2D eigenvalue weighted by Crippen LogP contribution is 2.37. The van der Waals surface area contributed by atoms with Crippen molar-refractivity contribution in [1.29, 1.82) is 0 Å². The topological polar surface area (TPSA) is 60.9 Å². The number of methoxy groups -OCH3 is 1. The summed E-state index contributed by atoms with van der Waals surface area (Å²) < 4.78 is 31.4. The lowest BCUT2D eigenvalue weighted by Gasteiger charge is -2.40. The Kier molecular flexibility index (Phi) is 7.03. The van der Waals surface area contributed by atoms with Gasteiger partial charge in [0.15, 0.2) is 11.6 Å². The van der Waals surface area contributed by atoms with Crippen molar-refractivity contribution >= 4 is 6.09 Å². The van der Waals surface area contributed by atoms with Crippen LogP contribution in [-0.4, -0.2) is 47.4 Å². The number of hydrogen-bond acceptors (Lipinski definition) is 5. The van der Waals surface area contributed by atoms with Gasteiger partial charge in [0.1, 0.15) is 11.7 Å². The molecule has 0 spiro atoms. The zero-order valence-corrected chi connectivity index (χ0v) is 17.1. The number of amides is 1. The van der Waals surface area contributed by atoms with Crippen molar-refractivity contribution < 1.29 is 23.4 Å². The molecule has 2 unspecified atom stereocenters. The maximum Gasteiger partial charge on any atom is 0.410 e. The lowest BCUT2D eigenvalue weighted by molar-refractivity contribution is -0.0302. The van der Waals surface area contributed by atoms with E-state index in [-0.39, 0.29) is 24.0 Å². The van der Waals surface area contributed by atoms with Gasteiger partial charge in [-0.2, -0.15) is 0 Å². The van der Waals surface area contributed by atoms with Gasteiger partial charge in [-0.3, -0.25) is 4.98 Å². The Labute approximate surface area is 161 Å². The number of halogens is 1. The van der Waals surface area contributed by atoms with Crippen LogP contribution in [0.5, 0.6) is 5.75 Å². The summed E-state index contributed by atoms with van der Waals surface area (Å²) in [6.07, 6.45) is 4.11. The van der Waals surface area contributed by atoms with E-state index in [1.165, 1.54) is 0 Å². The maximum atomic E-state index is 14.4. The fourth-order valence-corrected chi connectivity index (χ4v) is 3.31. The van der Waals surface area contributed by atoms with Gasteiger partial charge in [0.25, 0.3) is 0 Å². The molecule has 2 rings (SSSR count). The summed E-state index contributed by atoms with van der Waals surface area (Å²) in [7, 11) is 1.55. The molecule has 0 aromatic carbocycles. The van der Waals surface area contributed by atoms with Crippen molar-refractivity contribution in [2.75, 3.05) is 13.7 Å². The van der Waals surface area contributed by atoms with Crippen molar-refractivity contribution in [3.05, 3.63) is 23.8 Å². The van der Waals surface area contributed by atoms with E-state index in [4.69, 9.17) is 14.2 Å². The number of piperidine rings is 1. The van der Waals surface area contributed by atoms with Crippen LogP contribution in [0, 0.1) is 5.82 Å². The van der Waals surface area contributed by atoms with Crippen molar-refractivity contribution in [1.82, 2.24) is 9.88 Å². The van der Waals surface area contributed by atoms with Crippen molar-refractivity contribution in [2.24, 2.45) is 0 Å². The van der Waals surface area contributed by atoms with Crippen LogP contribution in [0.3, 0.4) is 0 Å². The number of ether oxygens (including phenoxy) is 3. The number of carbonyl (C=O) groups is 1. The van der Waals surface area contributed by atoms with Gasteiger partial charge in [0, 0.05) is 25.4 Å². The van der Waals surface area contributed by atoms with Gasteiger partial charge in [-0.15, -0.1) is 0 Å². The molecule has 1 saturated heterocycles. The highest BCUT2D eigenvalue weighted by atomic mass is 19.1. The number of rotatable bonds is 5. The minimum absolute atomic E-state index is 0.126. The molecule has 0 N–H and O–H groups in total. The number of pyridine rings is 1. The fraction of sp³-hybridized carbons (Fsp3) is 0.700. The molecular weight excluding hydrogens is 351 g/mol. The second-order valence-corrected chi connectivity index (χ2v) is 8.10. The van der Waals surface area contributed by atoms with E-state index in [9.17, 15) is 9.18 Å². The van der Waals surface area contributed by atoms with Crippen LogP contribution < -0.4 is 4.74 Å². The summed E-state index contributed by atoms with van der Waals surface area (Å²) in [5.74, 6) is -0.413. The largest absolute Gasteiger partial charge is 0.487 e. The van der Waals surface area contributed by atoms with Crippen LogP contribution in [-0.2, 0) is 9.47 Å². The van der Waals surface area contributed by atoms with Gasteiger partial charge < -0.3 is 19.1 Å². The minimum atomic E-state index is -0.589. The molecule has 1 fully saturated rings. The number of carbonyl (C=O) groups excluding carboxylic acids is 1. The molecule has 2 heterocycles. The molecule has 27 heavy (non-hydrogen) atoms. The van der Waals surface area contributed by atoms with Gasteiger partial charge in [-0.25, -0.2) is 9.18 Å². The SMILES string of the molecule is COC(c1cncc(F)c1OC(C)C)C1CCCCN1C(=O)OC(C)(C)C. The van der Waals surface area contributed by atoms with Crippen LogP contribution in [0.4, 0.5) is 9.18 Å². The van der Waals surface area contributed by atoms with E-state index in [0.29, 0.717) is 12.1 Å². The molecule has 152 valence electrons. The molecule has 1 aliphatic heterocycles. The van der Waals surface area contributed by atoms with Crippen LogP contribution in [0.25, 0.3) is 0 Å². The molecular formula is C20H31FN2O4. The summed E-state index contributed by atoms with van der Waals surface area (Å²) in [5, 5.41) is 0. The van der Waals surface area contributed by atoms with Crippen LogP contribution in [0.1, 0.15) is 65.5 Å². The first-order valence-corrected chi connectivity index (χ1v) is 9.46. The van der Waals surface area contributed by atoms with E-state index >= 15 is 0 Å². The van der Waals surface area contributed by atoms with Crippen molar-refractivity contribution in [2.45, 2.75) is 77.7 Å². The molecule has 0 radical (unpaired) electrons. The minimum Gasteiger partial charge on any atom is -0.487 e. The molecule has 1 aromatic heterocycles. The zero-order valence-electron chi connectivity index (χ0n) is 17.1. The molecule has 7 heteroatoms. The average Bonchev–Trinajstić information content (AvgIpc) is 2.57. The average molecular weight is 382 g/mol. The highest BCUT2D eigenvalue weighted by molar-refractivity contribution is 5.69. The predicted molar refractivity (Wildman–Crippen MR) is 100 cm³/mol. The van der Waals surface area contributed by atoms with E-state index in [0.717, 1.165) is 25.5 Å². The molecule has 2 atom stereocenters. The number of likely N-dealkylation sites (tertiary alicyclic amines) is 1. The zero-order chi connectivity index (χ0) is 20.2. The molecule has 0 saturated carbocycles. The predicted octanol–water partition coefficient (Wildman–Crippen LogP) is 4.49. The van der Waals surface area contributed by atoms with Crippen LogP contribution >= 0.6 is 0 Å². The van der Waals surface area contributed by atoms with Gasteiger partial charge in [-0.05, 0) is 53.9 Å². The van der Waals surface area contributed by atoms with E-state index in [2.05, 4.69) is 4.98 Å². The summed E-state index contributed by atoms with van der Waals surface area (Å²) in [6, 6.07) is -0.281. The first-order valence-electron chi connectivity index (χ1n) is 9.46. The number of hydrogen-bond donors (Lipinski definition) is 0. The molecule has 1 amide bonds. The lowest BCUT2D eigenvalue weighted by atomic mass is 9.93. The second kappa shape index (κ2) is 8.87. The smallest absolute Gasteiger partial charge is 0.410 e. The Balaban J connectivity index is 2.37. The second-order valence-electron chi connectivity index (χ2n) is 8.10. The quantitative estimate of drug-likeness (QED) is 0.751. The molecule has 0 bridgehead atoms. The Morgan fingerprint density at radius 2 is 2.00 bits per heavy atom. The number of nitrogens with zero attached hydrogens (tertiary/aromatic N) is 2. The van der Waals surface area contributed by atoms with Gasteiger partial charge in [0.2, 0.25) is 0 Å². The first-order chi connectivity index (χ1) is 12.6. The maximum absolute atomic E-state index is 14.4. The normalized spacial score (nSPS) is 19.1. The fourth-order valence-electron chi connectivity index (χ4n) is 3.31. The summed E-state index contributed by atoms with van der Waals surface area (Å²) in [5.41, 5.74) is -0.0831. The molecule has 1 aromatic rings. The van der Waals surface area contributed by atoms with E-state index in [1.54, 1.807) is 18.2 Å². The third-order valence-corrected chi connectivity index (χ3v) is 4.32. The third-order valence-electron chi connectivity index (χ3n) is 4.32. The Bertz CT molecular complexity index is 645. The third kappa shape index (κ3) is 5.54. The highest BCUT2D eigenvalue weighted by Gasteiger charge is 2.38. The van der Waals surface area contributed by atoms with E-state index < -0.39 is 17.5 Å². The Morgan fingerprint density at radius 3 is 2.59 bits per heavy atom. The molecule has 1 aliphatic rings. The van der Waals surface area contributed by atoms with E-state index in [1.807, 2.05) is 34.6 Å². The Hall–Kier alpha value is -1.89. The molecule has 0 aliphatic carbocycles. The van der Waals surface area contributed by atoms with Crippen LogP contribution in [0.15, 0.2) is 12.4 Å². The first kappa shape index (κ1) is 21.4. The number of aromatic nitrogens is 1. The molecule has 6 nitrogen and oxygen atoms in total.